The van der Waals surface area contributed by atoms with E-state index in [0.717, 1.165) is 5.56 Å². The zero-order chi connectivity index (χ0) is 24.2. The van der Waals surface area contributed by atoms with Crippen LogP contribution in [0, 0.1) is 0 Å². The number of fused-ring (bicyclic) bond motifs is 1. The highest BCUT2D eigenvalue weighted by atomic mass is 35.5. The summed E-state index contributed by atoms with van der Waals surface area (Å²) in [6.45, 7) is 2.07. The fourth-order valence-electron chi connectivity index (χ4n) is 3.80. The number of methoxy groups -OCH3 is 2. The van der Waals surface area contributed by atoms with Crippen molar-refractivity contribution in [1.29, 1.82) is 0 Å². The van der Waals surface area contributed by atoms with Gasteiger partial charge in [-0.25, -0.2) is 9.79 Å². The molecule has 1 aliphatic rings. The third-order valence-corrected chi connectivity index (χ3v) is 6.71. The summed E-state index contributed by atoms with van der Waals surface area (Å²) in [5, 5.41) is 0.434. The molecule has 4 rings (SSSR count). The number of nitrogens with zero attached hydrogens (tertiary/aromatic N) is 2. The van der Waals surface area contributed by atoms with Gasteiger partial charge in [-0.05, 0) is 30.7 Å². The van der Waals surface area contributed by atoms with Gasteiger partial charge in [0.05, 0.1) is 29.5 Å². The minimum atomic E-state index is -0.778. The van der Waals surface area contributed by atoms with Crippen LogP contribution in [-0.2, 0) is 14.3 Å². The van der Waals surface area contributed by atoms with Crippen LogP contribution in [-0.4, -0.2) is 38.0 Å². The zero-order valence-corrected chi connectivity index (χ0v) is 20.5. The molecule has 34 heavy (non-hydrogen) atoms. The van der Waals surface area contributed by atoms with Crippen molar-refractivity contribution < 1.29 is 19.0 Å². The number of rotatable bonds is 7. The van der Waals surface area contributed by atoms with E-state index in [0.29, 0.717) is 31.4 Å². The Morgan fingerprint density at radius 3 is 2.62 bits per heavy atom. The van der Waals surface area contributed by atoms with Gasteiger partial charge in [0.15, 0.2) is 4.80 Å². The van der Waals surface area contributed by atoms with Gasteiger partial charge in [0.2, 0.25) is 0 Å². The van der Waals surface area contributed by atoms with Crippen LogP contribution >= 0.6 is 22.9 Å². The Bertz CT molecular complexity index is 1440. The number of allylic oxidation sites excluding steroid dienone is 1. The second-order valence-electron chi connectivity index (χ2n) is 7.47. The van der Waals surface area contributed by atoms with Gasteiger partial charge in [0.1, 0.15) is 18.4 Å². The van der Waals surface area contributed by atoms with Crippen molar-refractivity contribution in [2.75, 3.05) is 27.4 Å². The van der Waals surface area contributed by atoms with E-state index in [2.05, 4.69) is 4.99 Å². The standard InChI is InChI=1S/C25H23ClN2O5S/c1-15-21(24(30)33-13-12-31-2)22(17-9-5-6-10-18(17)26)28-23(29)20(34-25(28)27-15)14-16-8-4-7-11-19(16)32-3/h4-11,14,22H,12-13H2,1-3H3/b20-14-/t22-/m0/s1. The van der Waals surface area contributed by atoms with Gasteiger partial charge in [-0.15, -0.1) is 0 Å². The molecule has 2 aromatic carbocycles. The topological polar surface area (TPSA) is 79.1 Å². The fourth-order valence-corrected chi connectivity index (χ4v) is 5.07. The normalized spacial score (nSPS) is 15.6. The molecule has 176 valence electrons. The van der Waals surface area contributed by atoms with E-state index in [4.69, 9.17) is 25.8 Å². The van der Waals surface area contributed by atoms with Crippen molar-refractivity contribution in [3.8, 4) is 5.75 Å². The van der Waals surface area contributed by atoms with E-state index in [1.165, 1.54) is 23.0 Å². The Hall–Kier alpha value is -3.20. The van der Waals surface area contributed by atoms with E-state index in [-0.39, 0.29) is 24.3 Å². The lowest BCUT2D eigenvalue weighted by Gasteiger charge is -2.25. The third kappa shape index (κ3) is 4.57. The number of benzene rings is 2. The Kier molecular flexibility index (Phi) is 7.31. The number of halogens is 1. The summed E-state index contributed by atoms with van der Waals surface area (Å²) in [5.41, 5.74) is 1.83. The minimum absolute atomic E-state index is 0.0829. The van der Waals surface area contributed by atoms with Gasteiger partial charge < -0.3 is 14.2 Å². The lowest BCUT2D eigenvalue weighted by molar-refractivity contribution is -0.140. The average Bonchev–Trinajstić information content (AvgIpc) is 3.13. The van der Waals surface area contributed by atoms with E-state index < -0.39 is 12.0 Å². The van der Waals surface area contributed by atoms with Crippen LogP contribution in [0.3, 0.4) is 0 Å². The smallest absolute Gasteiger partial charge is 0.338 e. The summed E-state index contributed by atoms with van der Waals surface area (Å²) < 4.78 is 17.8. The highest BCUT2D eigenvalue weighted by Crippen LogP contribution is 2.34. The maximum absolute atomic E-state index is 13.7. The van der Waals surface area contributed by atoms with E-state index >= 15 is 0 Å². The Labute approximate surface area is 205 Å². The van der Waals surface area contributed by atoms with E-state index in [1.54, 1.807) is 38.3 Å². The largest absolute Gasteiger partial charge is 0.496 e. The molecule has 0 unspecified atom stereocenters. The quantitative estimate of drug-likeness (QED) is 0.369. The summed E-state index contributed by atoms with van der Waals surface area (Å²) in [7, 11) is 3.11. The molecule has 1 atom stereocenters. The van der Waals surface area contributed by atoms with Gasteiger partial charge >= 0.3 is 5.97 Å². The van der Waals surface area contributed by atoms with Crippen LogP contribution in [0.15, 0.2) is 69.6 Å². The highest BCUT2D eigenvalue weighted by Gasteiger charge is 2.34. The molecule has 0 spiro atoms. The Balaban J connectivity index is 1.92. The van der Waals surface area contributed by atoms with Crippen molar-refractivity contribution in [3.63, 3.8) is 0 Å². The molecule has 0 saturated carbocycles. The summed E-state index contributed by atoms with van der Waals surface area (Å²) >= 11 is 7.78. The number of carbonyl (C=O) groups is 1. The van der Waals surface area contributed by atoms with Gasteiger partial charge in [-0.1, -0.05) is 59.3 Å². The number of para-hydroxylation sites is 1. The Morgan fingerprint density at radius 2 is 1.88 bits per heavy atom. The monoisotopic (exact) mass is 498 g/mol. The van der Waals surface area contributed by atoms with Crippen LogP contribution < -0.4 is 19.6 Å². The second-order valence-corrected chi connectivity index (χ2v) is 8.89. The molecule has 3 aromatic rings. The molecule has 0 fully saturated rings. The number of thiazole rings is 1. The summed E-state index contributed by atoms with van der Waals surface area (Å²) in [6, 6.07) is 13.8. The Morgan fingerprint density at radius 1 is 1.15 bits per heavy atom. The maximum Gasteiger partial charge on any atom is 0.338 e. The molecule has 0 aliphatic carbocycles. The third-order valence-electron chi connectivity index (χ3n) is 5.39. The molecular formula is C25H23ClN2O5S. The lowest BCUT2D eigenvalue weighted by atomic mass is 9.96. The molecule has 2 heterocycles. The van der Waals surface area contributed by atoms with Crippen LogP contribution in [0.25, 0.3) is 6.08 Å². The molecule has 0 bridgehead atoms. The number of hydrogen-bond donors (Lipinski definition) is 0. The molecule has 0 amide bonds. The van der Waals surface area contributed by atoms with Crippen molar-refractivity contribution in [2.24, 2.45) is 4.99 Å². The van der Waals surface area contributed by atoms with Crippen molar-refractivity contribution in [1.82, 2.24) is 4.57 Å². The molecule has 0 saturated heterocycles. The molecule has 1 aliphatic heterocycles. The second kappa shape index (κ2) is 10.4. The van der Waals surface area contributed by atoms with Crippen LogP contribution in [0.1, 0.15) is 24.1 Å². The molecular weight excluding hydrogens is 476 g/mol. The number of ether oxygens (including phenoxy) is 3. The fraction of sp³-hybridized carbons (Fsp3) is 0.240. The van der Waals surface area contributed by atoms with E-state index in [1.807, 2.05) is 30.3 Å². The first kappa shape index (κ1) is 23.9. The SMILES string of the molecule is COCCOC(=O)C1=C(C)N=c2s/c(=C\c3ccccc3OC)c(=O)n2[C@H]1c1ccccc1Cl. The first-order valence-corrected chi connectivity index (χ1v) is 11.7. The van der Waals surface area contributed by atoms with Crippen molar-refractivity contribution in [3.05, 3.63) is 95.6 Å². The van der Waals surface area contributed by atoms with Crippen LogP contribution in [0.4, 0.5) is 0 Å². The van der Waals surface area contributed by atoms with Crippen LogP contribution in [0.5, 0.6) is 5.75 Å². The molecule has 9 heteroatoms. The van der Waals surface area contributed by atoms with Gasteiger partial charge in [-0.3, -0.25) is 9.36 Å². The first-order valence-electron chi connectivity index (χ1n) is 10.5. The number of hydrogen-bond acceptors (Lipinski definition) is 7. The van der Waals surface area contributed by atoms with E-state index in [9.17, 15) is 9.59 Å². The first-order chi connectivity index (χ1) is 16.5. The summed E-state index contributed by atoms with van der Waals surface area (Å²) in [6.07, 6.45) is 1.77. The minimum Gasteiger partial charge on any atom is -0.496 e. The predicted molar refractivity (Wildman–Crippen MR) is 131 cm³/mol. The maximum atomic E-state index is 13.7. The van der Waals surface area contributed by atoms with Gasteiger partial charge in [-0.2, -0.15) is 0 Å². The zero-order valence-electron chi connectivity index (χ0n) is 18.9. The van der Waals surface area contributed by atoms with Gasteiger partial charge in [0.25, 0.3) is 5.56 Å². The average molecular weight is 499 g/mol. The van der Waals surface area contributed by atoms with Crippen molar-refractivity contribution in [2.45, 2.75) is 13.0 Å². The molecule has 1 aromatic heterocycles. The van der Waals surface area contributed by atoms with Crippen LogP contribution in [0.2, 0.25) is 5.02 Å². The lowest BCUT2D eigenvalue weighted by Crippen LogP contribution is -2.40. The number of aromatic nitrogens is 1. The summed E-state index contributed by atoms with van der Waals surface area (Å²) in [5.74, 6) is 0.0804. The van der Waals surface area contributed by atoms with Gasteiger partial charge in [0, 0.05) is 17.7 Å². The number of carbonyl (C=O) groups excluding carboxylic acids is 1. The molecule has 0 radical (unpaired) electrons. The molecule has 7 nitrogen and oxygen atoms in total. The predicted octanol–water partition coefficient (Wildman–Crippen LogP) is 3.09. The molecule has 0 N–H and O–H groups in total. The summed E-state index contributed by atoms with van der Waals surface area (Å²) in [4.78, 5) is 31.8. The number of esters is 1. The highest BCUT2D eigenvalue weighted by molar-refractivity contribution is 7.07. The van der Waals surface area contributed by atoms with Crippen molar-refractivity contribution >= 4 is 35.0 Å².